The van der Waals surface area contributed by atoms with Crippen LogP contribution in [0.1, 0.15) is 61.3 Å². The molecule has 5 rings (SSSR count). The number of rotatable bonds is 9. The van der Waals surface area contributed by atoms with Gasteiger partial charge in [-0.25, -0.2) is 9.97 Å². The third-order valence-corrected chi connectivity index (χ3v) is 13.7. The fourth-order valence-corrected chi connectivity index (χ4v) is 6.75. The summed E-state index contributed by atoms with van der Waals surface area (Å²) in [6, 6.07) is 14.5. The molecule has 1 aromatic heterocycles. The van der Waals surface area contributed by atoms with E-state index in [1.165, 1.54) is 13.0 Å². The molecule has 0 aliphatic carbocycles. The van der Waals surface area contributed by atoms with E-state index in [1.807, 2.05) is 16.9 Å². The first-order chi connectivity index (χ1) is 20.4. The molecule has 2 aromatic carbocycles. The lowest BCUT2D eigenvalue weighted by Crippen LogP contribution is -2.46. The number of anilines is 1. The normalized spacial score (nSPS) is 19.9. The van der Waals surface area contributed by atoms with Gasteiger partial charge in [-0.2, -0.15) is 5.26 Å². The number of hydrogen-bond acceptors (Lipinski definition) is 8. The number of carbonyl (C=O) groups is 1. The Hall–Kier alpha value is -3.36. The SMILES string of the molecule is CC1(CO[Si](C)(C)C(C)(C)C)CN([B]C=O)c2c(C#N)cc(-c3ccnc(Cc4ccc5c(c4)CC(CO)OC5)n3)cc21. The van der Waals surface area contributed by atoms with Crippen LogP contribution in [0, 0.1) is 11.3 Å². The number of carbonyl (C=O) groups excluding carboxylic acids is 1. The highest BCUT2D eigenvalue weighted by molar-refractivity contribution is 6.74. The quantitative estimate of drug-likeness (QED) is 0.274. The lowest BCUT2D eigenvalue weighted by Gasteiger charge is -2.39. The summed E-state index contributed by atoms with van der Waals surface area (Å²) in [5.74, 6) is 0.683. The Morgan fingerprint density at radius 2 is 2.05 bits per heavy atom. The van der Waals surface area contributed by atoms with Gasteiger partial charge in [0.15, 0.2) is 8.32 Å². The molecule has 10 heteroatoms. The first-order valence-electron chi connectivity index (χ1n) is 14.8. The van der Waals surface area contributed by atoms with E-state index in [2.05, 4.69) is 76.1 Å². The highest BCUT2D eigenvalue weighted by Crippen LogP contribution is 2.46. The molecule has 8 nitrogen and oxygen atoms in total. The zero-order chi connectivity index (χ0) is 31.0. The zero-order valence-electron chi connectivity index (χ0n) is 26.0. The number of hydrogen-bond donors (Lipinski definition) is 1. The van der Waals surface area contributed by atoms with E-state index in [0.29, 0.717) is 44.0 Å². The van der Waals surface area contributed by atoms with Crippen molar-refractivity contribution in [2.75, 3.05) is 24.6 Å². The van der Waals surface area contributed by atoms with Crippen molar-refractivity contribution in [3.63, 3.8) is 0 Å². The third kappa shape index (κ3) is 6.31. The standard InChI is InChI=1S/C33H40BN4O4Si/c1-32(2,3)43(5,6)42-20-33(4)19-38(34-21-40)31-26(16-35)13-25(15-28(31)33)29-9-10-36-30(37-29)12-22-7-8-23-18-41-27(17-39)14-24(23)11-22/h7-11,13,15,21,27,39H,12,14,17-20H2,1-6H3. The van der Waals surface area contributed by atoms with Crippen LogP contribution in [0.5, 0.6) is 0 Å². The van der Waals surface area contributed by atoms with Gasteiger partial charge >= 0.3 is 7.41 Å². The average molecular weight is 596 g/mol. The fraction of sp³-hybridized carbons (Fsp3) is 0.455. The molecule has 2 aliphatic heterocycles. The van der Waals surface area contributed by atoms with Crippen molar-refractivity contribution in [1.82, 2.24) is 9.97 Å². The lowest BCUT2D eigenvalue weighted by atomic mass is 9.83. The molecule has 3 aromatic rings. The molecule has 2 unspecified atom stereocenters. The Bertz CT molecular complexity index is 1570. The molecule has 223 valence electrons. The van der Waals surface area contributed by atoms with Crippen LogP contribution in [-0.2, 0) is 38.8 Å². The van der Waals surface area contributed by atoms with Crippen LogP contribution < -0.4 is 4.81 Å². The van der Waals surface area contributed by atoms with Crippen molar-refractivity contribution >= 4 is 27.6 Å². The van der Waals surface area contributed by atoms with Crippen molar-refractivity contribution in [3.05, 3.63) is 76.2 Å². The topological polar surface area (TPSA) is 109 Å². The summed E-state index contributed by atoms with van der Waals surface area (Å²) in [5, 5.41) is 19.8. The van der Waals surface area contributed by atoms with Crippen LogP contribution in [0.3, 0.4) is 0 Å². The summed E-state index contributed by atoms with van der Waals surface area (Å²) in [6.07, 6.45) is 3.60. The number of aromatic nitrogens is 2. The summed E-state index contributed by atoms with van der Waals surface area (Å²) >= 11 is 0. The monoisotopic (exact) mass is 595 g/mol. The maximum atomic E-state index is 11.6. The first kappa shape index (κ1) is 31.1. The van der Waals surface area contributed by atoms with E-state index < -0.39 is 13.7 Å². The van der Waals surface area contributed by atoms with Gasteiger partial charge in [0.05, 0.1) is 30.6 Å². The molecule has 0 bridgehead atoms. The second-order valence-electron chi connectivity index (χ2n) is 13.5. The van der Waals surface area contributed by atoms with Crippen molar-refractivity contribution in [1.29, 1.82) is 5.26 Å². The summed E-state index contributed by atoms with van der Waals surface area (Å²) in [4.78, 5) is 22.9. The van der Waals surface area contributed by atoms with Gasteiger partial charge in [-0.05, 0) is 58.6 Å². The van der Waals surface area contributed by atoms with Crippen molar-refractivity contribution in [2.24, 2.45) is 0 Å². The molecule has 1 N–H and O–H groups in total. The van der Waals surface area contributed by atoms with E-state index >= 15 is 0 Å². The van der Waals surface area contributed by atoms with E-state index in [-0.39, 0.29) is 17.7 Å². The van der Waals surface area contributed by atoms with Gasteiger partial charge in [0.2, 0.25) is 0 Å². The van der Waals surface area contributed by atoms with Crippen molar-refractivity contribution < 1.29 is 19.1 Å². The summed E-state index contributed by atoms with van der Waals surface area (Å²) in [6.45, 7) is 14.8. The average Bonchev–Trinajstić information content (AvgIpc) is 3.26. The Morgan fingerprint density at radius 3 is 2.74 bits per heavy atom. The second kappa shape index (κ2) is 12.0. The third-order valence-electron chi connectivity index (χ3n) is 9.25. The summed E-state index contributed by atoms with van der Waals surface area (Å²) < 4.78 is 12.4. The number of ether oxygens (including phenoxy) is 1. The van der Waals surface area contributed by atoms with E-state index in [4.69, 9.17) is 14.1 Å². The van der Waals surface area contributed by atoms with E-state index in [0.717, 1.165) is 39.8 Å². The maximum absolute atomic E-state index is 11.6. The summed E-state index contributed by atoms with van der Waals surface area (Å²) in [5.41, 5.74) is 6.80. The Kier molecular flexibility index (Phi) is 8.65. The number of fused-ring (bicyclic) bond motifs is 2. The molecule has 1 radical (unpaired) electrons. The zero-order valence-corrected chi connectivity index (χ0v) is 27.0. The van der Waals surface area contributed by atoms with Gasteiger partial charge in [-0.3, -0.25) is 0 Å². The summed E-state index contributed by atoms with van der Waals surface area (Å²) in [7, 11) is -0.537. The fourth-order valence-electron chi connectivity index (χ4n) is 5.63. The van der Waals surface area contributed by atoms with Crippen LogP contribution in [0.15, 0.2) is 42.6 Å². The molecule has 0 saturated heterocycles. The molecule has 0 fully saturated rings. The van der Waals surface area contributed by atoms with E-state index in [9.17, 15) is 15.2 Å². The van der Waals surface area contributed by atoms with Crippen LogP contribution >= 0.6 is 0 Å². The van der Waals surface area contributed by atoms with E-state index in [1.54, 1.807) is 6.20 Å². The maximum Gasteiger partial charge on any atom is 0.329 e. The van der Waals surface area contributed by atoms with Crippen molar-refractivity contribution in [2.45, 2.75) is 76.8 Å². The molecule has 0 saturated carbocycles. The molecule has 2 aliphatic rings. The van der Waals surface area contributed by atoms with Gasteiger partial charge in [-0.15, -0.1) is 0 Å². The minimum atomic E-state index is -2.04. The predicted octanol–water partition coefficient (Wildman–Crippen LogP) is 4.95. The first-order valence-corrected chi connectivity index (χ1v) is 17.7. The predicted molar refractivity (Wildman–Crippen MR) is 171 cm³/mol. The van der Waals surface area contributed by atoms with Gasteiger partial charge in [0.25, 0.3) is 0 Å². The van der Waals surface area contributed by atoms with Gasteiger partial charge in [0, 0.05) is 48.9 Å². The Labute approximate surface area is 256 Å². The second-order valence-corrected chi connectivity index (χ2v) is 18.3. The lowest BCUT2D eigenvalue weighted by molar-refractivity contribution is -0.00704. The number of nitriles is 1. The number of aliphatic hydroxyl groups excluding tert-OH is 1. The van der Waals surface area contributed by atoms with Gasteiger partial charge in [-0.1, -0.05) is 45.9 Å². The van der Waals surface area contributed by atoms with Crippen LogP contribution in [0.4, 0.5) is 5.69 Å². The van der Waals surface area contributed by atoms with Gasteiger partial charge < -0.3 is 23.9 Å². The molecular formula is C33H40BN4O4Si. The van der Waals surface area contributed by atoms with Crippen molar-refractivity contribution in [3.8, 4) is 17.3 Å². The molecule has 43 heavy (non-hydrogen) atoms. The molecule has 2 atom stereocenters. The van der Waals surface area contributed by atoms with Crippen LogP contribution in [0.2, 0.25) is 18.1 Å². The van der Waals surface area contributed by atoms with Gasteiger partial charge in [0.1, 0.15) is 18.1 Å². The Morgan fingerprint density at radius 1 is 1.26 bits per heavy atom. The highest BCUT2D eigenvalue weighted by Gasteiger charge is 2.44. The number of nitrogens with zero attached hydrogens (tertiary/aromatic N) is 4. The number of aliphatic hydroxyl groups is 1. The largest absolute Gasteiger partial charge is 0.416 e. The van der Waals surface area contributed by atoms with Crippen LogP contribution in [-0.4, -0.2) is 62.9 Å². The Balaban J connectivity index is 1.48. The molecule has 0 amide bonds. The molecule has 0 spiro atoms. The van der Waals surface area contributed by atoms with Crippen LogP contribution in [0.25, 0.3) is 11.3 Å². The minimum Gasteiger partial charge on any atom is -0.416 e. The molecule has 3 heterocycles. The minimum absolute atomic E-state index is 0.00663. The highest BCUT2D eigenvalue weighted by atomic mass is 28.4. The number of benzene rings is 2. The molecular weight excluding hydrogens is 555 g/mol. The smallest absolute Gasteiger partial charge is 0.329 e.